The van der Waals surface area contributed by atoms with Gasteiger partial charge in [-0.25, -0.2) is 4.98 Å². The van der Waals surface area contributed by atoms with Gasteiger partial charge in [0.2, 0.25) is 0 Å². The maximum atomic E-state index is 11.9. The van der Waals surface area contributed by atoms with Gasteiger partial charge < -0.3 is 15.8 Å². The van der Waals surface area contributed by atoms with Crippen LogP contribution < -0.4 is 15.8 Å². The number of anilines is 2. The predicted octanol–water partition coefficient (Wildman–Crippen LogP) is 3.66. The van der Waals surface area contributed by atoms with Gasteiger partial charge in [0.15, 0.2) is 11.7 Å². The van der Waals surface area contributed by atoms with Gasteiger partial charge in [-0.2, -0.15) is 0 Å². The molecule has 0 atom stereocenters. The topological polar surface area (TPSA) is 77.2 Å². The van der Waals surface area contributed by atoms with E-state index in [2.05, 4.69) is 26.2 Å². The Balaban J connectivity index is 1.61. The Bertz CT molecular complexity index is 817. The maximum Gasteiger partial charge on any atom is 0.262 e. The van der Waals surface area contributed by atoms with Crippen molar-refractivity contribution >= 4 is 54.2 Å². The number of nitrogens with two attached hydrogens (primary N) is 1. The number of benzene rings is 2. The lowest BCUT2D eigenvalue weighted by atomic mass is 10.3. The molecular weight excluding hydrogens is 366 g/mol. The summed E-state index contributed by atoms with van der Waals surface area (Å²) in [5, 5.41) is 3.30. The molecule has 0 fully saturated rings. The molecule has 0 aliphatic rings. The van der Waals surface area contributed by atoms with Crippen molar-refractivity contribution in [3.63, 3.8) is 0 Å². The lowest BCUT2D eigenvalue weighted by molar-refractivity contribution is -0.118. The molecule has 0 unspecified atom stereocenters. The van der Waals surface area contributed by atoms with Crippen molar-refractivity contribution in [2.45, 2.75) is 0 Å². The van der Waals surface area contributed by atoms with Crippen molar-refractivity contribution in [1.82, 2.24) is 4.98 Å². The van der Waals surface area contributed by atoms with E-state index in [4.69, 9.17) is 10.5 Å². The number of nitrogens with zero attached hydrogens (tertiary/aromatic N) is 1. The zero-order valence-corrected chi connectivity index (χ0v) is 13.8. The van der Waals surface area contributed by atoms with Gasteiger partial charge >= 0.3 is 0 Å². The van der Waals surface area contributed by atoms with Crippen LogP contribution in [0.2, 0.25) is 0 Å². The normalized spacial score (nSPS) is 10.6. The van der Waals surface area contributed by atoms with Crippen molar-refractivity contribution < 1.29 is 9.53 Å². The summed E-state index contributed by atoms with van der Waals surface area (Å²) in [7, 11) is 0. The molecule has 0 bridgehead atoms. The minimum atomic E-state index is -0.222. The van der Waals surface area contributed by atoms with Crippen molar-refractivity contribution in [1.29, 1.82) is 0 Å². The number of nitrogens with one attached hydrogen (secondary N) is 1. The molecular formula is C15H12BrN3O2S. The largest absolute Gasteiger partial charge is 0.484 e. The van der Waals surface area contributed by atoms with Gasteiger partial charge in [-0.15, -0.1) is 0 Å². The SMILES string of the molecule is Nc1nc2ccc(NC(=O)COc3ccc(Br)cc3)cc2s1. The summed E-state index contributed by atoms with van der Waals surface area (Å²) in [4.78, 5) is 16.1. The second kappa shape index (κ2) is 6.33. The van der Waals surface area contributed by atoms with Crippen LogP contribution in [0.3, 0.4) is 0 Å². The van der Waals surface area contributed by atoms with Gasteiger partial charge in [0.05, 0.1) is 10.2 Å². The molecule has 0 saturated carbocycles. The zero-order chi connectivity index (χ0) is 15.5. The third kappa shape index (κ3) is 3.55. The van der Waals surface area contributed by atoms with E-state index < -0.39 is 0 Å². The number of hydrogen-bond donors (Lipinski definition) is 2. The Labute approximate surface area is 139 Å². The molecule has 3 rings (SSSR count). The number of fused-ring (bicyclic) bond motifs is 1. The molecule has 0 spiro atoms. The summed E-state index contributed by atoms with van der Waals surface area (Å²) in [5.41, 5.74) is 7.18. The van der Waals surface area contributed by atoms with E-state index in [0.717, 1.165) is 14.7 Å². The molecule has 112 valence electrons. The summed E-state index contributed by atoms with van der Waals surface area (Å²) in [6.45, 7) is -0.0511. The number of amides is 1. The molecule has 1 heterocycles. The van der Waals surface area contributed by atoms with E-state index in [1.165, 1.54) is 11.3 Å². The molecule has 3 aromatic rings. The highest BCUT2D eigenvalue weighted by molar-refractivity contribution is 9.10. The molecule has 1 amide bonds. The molecule has 0 aliphatic carbocycles. The first-order valence-corrected chi connectivity index (χ1v) is 8.05. The minimum absolute atomic E-state index is 0.0511. The average Bonchev–Trinajstić information content (AvgIpc) is 2.86. The highest BCUT2D eigenvalue weighted by Gasteiger charge is 2.06. The second-order valence-electron chi connectivity index (χ2n) is 4.53. The predicted molar refractivity (Wildman–Crippen MR) is 92.3 cm³/mol. The van der Waals surface area contributed by atoms with Crippen LogP contribution in [0.5, 0.6) is 5.75 Å². The summed E-state index contributed by atoms with van der Waals surface area (Å²) in [5.74, 6) is 0.420. The third-order valence-electron chi connectivity index (χ3n) is 2.87. The number of thiazole rings is 1. The van der Waals surface area contributed by atoms with Gasteiger partial charge in [0.1, 0.15) is 5.75 Å². The van der Waals surface area contributed by atoms with Crippen LogP contribution in [-0.4, -0.2) is 17.5 Å². The van der Waals surface area contributed by atoms with Gasteiger partial charge in [-0.05, 0) is 42.5 Å². The lowest BCUT2D eigenvalue weighted by Gasteiger charge is -2.07. The summed E-state index contributed by atoms with van der Waals surface area (Å²) in [6.07, 6.45) is 0. The smallest absolute Gasteiger partial charge is 0.262 e. The van der Waals surface area contributed by atoms with E-state index in [1.54, 1.807) is 18.2 Å². The van der Waals surface area contributed by atoms with Crippen LogP contribution in [-0.2, 0) is 4.79 Å². The van der Waals surface area contributed by atoms with E-state index in [1.807, 2.05) is 24.3 Å². The van der Waals surface area contributed by atoms with Crippen LogP contribution in [0.1, 0.15) is 0 Å². The number of carbonyl (C=O) groups excluding carboxylic acids is 1. The second-order valence-corrected chi connectivity index (χ2v) is 6.50. The Morgan fingerprint density at radius 3 is 2.82 bits per heavy atom. The van der Waals surface area contributed by atoms with Crippen molar-refractivity contribution in [2.24, 2.45) is 0 Å². The van der Waals surface area contributed by atoms with Crippen molar-refractivity contribution in [3.8, 4) is 5.75 Å². The minimum Gasteiger partial charge on any atom is -0.484 e. The Morgan fingerprint density at radius 1 is 1.27 bits per heavy atom. The average molecular weight is 378 g/mol. The number of rotatable bonds is 4. The number of ether oxygens (including phenoxy) is 1. The molecule has 22 heavy (non-hydrogen) atoms. The molecule has 0 saturated heterocycles. The standard InChI is InChI=1S/C15H12BrN3O2S/c16-9-1-4-11(5-2-9)21-8-14(20)18-10-3-6-12-13(7-10)22-15(17)19-12/h1-7H,8H2,(H2,17,19)(H,18,20). The number of aromatic nitrogens is 1. The summed E-state index contributed by atoms with van der Waals surface area (Å²) in [6, 6.07) is 12.8. The van der Waals surface area contributed by atoms with Gasteiger partial charge in [0.25, 0.3) is 5.91 Å². The molecule has 0 aliphatic heterocycles. The highest BCUT2D eigenvalue weighted by Crippen LogP contribution is 2.26. The van der Waals surface area contributed by atoms with Crippen molar-refractivity contribution in [2.75, 3.05) is 17.7 Å². The molecule has 3 N–H and O–H groups in total. The highest BCUT2D eigenvalue weighted by atomic mass is 79.9. The summed E-state index contributed by atoms with van der Waals surface area (Å²) < 4.78 is 7.32. The Kier molecular flexibility index (Phi) is 4.26. The maximum absolute atomic E-state index is 11.9. The Hall–Kier alpha value is -2.12. The first-order chi connectivity index (χ1) is 10.6. The zero-order valence-electron chi connectivity index (χ0n) is 11.4. The first kappa shape index (κ1) is 14.8. The molecule has 0 radical (unpaired) electrons. The lowest BCUT2D eigenvalue weighted by Crippen LogP contribution is -2.20. The fourth-order valence-electron chi connectivity index (χ4n) is 1.90. The van der Waals surface area contributed by atoms with E-state index in [9.17, 15) is 4.79 Å². The van der Waals surface area contributed by atoms with Gasteiger partial charge in [-0.1, -0.05) is 27.3 Å². The molecule has 1 aromatic heterocycles. The fraction of sp³-hybridized carbons (Fsp3) is 0.0667. The van der Waals surface area contributed by atoms with E-state index in [0.29, 0.717) is 16.6 Å². The molecule has 2 aromatic carbocycles. The number of halogens is 1. The Morgan fingerprint density at radius 2 is 2.05 bits per heavy atom. The number of carbonyl (C=O) groups is 1. The van der Waals surface area contributed by atoms with Crippen LogP contribution in [0.25, 0.3) is 10.2 Å². The number of hydrogen-bond acceptors (Lipinski definition) is 5. The van der Waals surface area contributed by atoms with E-state index >= 15 is 0 Å². The molecule has 5 nitrogen and oxygen atoms in total. The van der Waals surface area contributed by atoms with E-state index in [-0.39, 0.29) is 12.5 Å². The van der Waals surface area contributed by atoms with Crippen LogP contribution in [0, 0.1) is 0 Å². The fourth-order valence-corrected chi connectivity index (χ4v) is 2.93. The van der Waals surface area contributed by atoms with Gasteiger partial charge in [0, 0.05) is 10.2 Å². The first-order valence-electron chi connectivity index (χ1n) is 6.44. The quantitative estimate of drug-likeness (QED) is 0.727. The third-order valence-corrected chi connectivity index (χ3v) is 4.25. The van der Waals surface area contributed by atoms with Crippen LogP contribution >= 0.6 is 27.3 Å². The van der Waals surface area contributed by atoms with Crippen LogP contribution in [0.15, 0.2) is 46.9 Å². The number of nitrogen functional groups attached to an aromatic ring is 1. The van der Waals surface area contributed by atoms with Crippen molar-refractivity contribution in [3.05, 3.63) is 46.9 Å². The monoisotopic (exact) mass is 377 g/mol. The van der Waals surface area contributed by atoms with Gasteiger partial charge in [-0.3, -0.25) is 4.79 Å². The van der Waals surface area contributed by atoms with Crippen LogP contribution in [0.4, 0.5) is 10.8 Å². The summed E-state index contributed by atoms with van der Waals surface area (Å²) >= 11 is 4.73. The molecule has 7 heteroatoms.